The Hall–Kier alpha value is -1.95. The van der Waals surface area contributed by atoms with E-state index in [-0.39, 0.29) is 37.3 Å². The fraction of sp³-hybridized carbons (Fsp3) is 0.467. The van der Waals surface area contributed by atoms with E-state index < -0.39 is 0 Å². The summed E-state index contributed by atoms with van der Waals surface area (Å²) >= 11 is 0. The smallest absolute Gasteiger partial charge is 0.320 e. The van der Waals surface area contributed by atoms with Crippen molar-refractivity contribution < 1.29 is 18.7 Å². The number of hydrogen-bond acceptors (Lipinski definition) is 4. The highest BCUT2D eigenvalue weighted by atomic mass is 19.1. The second-order valence-electron chi connectivity index (χ2n) is 4.84. The van der Waals surface area contributed by atoms with E-state index in [1.54, 1.807) is 37.9 Å². The average Bonchev–Trinajstić information content (AvgIpc) is 2.40. The third-order valence-electron chi connectivity index (χ3n) is 2.84. The predicted octanol–water partition coefficient (Wildman–Crippen LogP) is 1.25. The Labute approximate surface area is 124 Å². The Morgan fingerprint density at radius 3 is 2.67 bits per heavy atom. The standard InChI is InChI=1S/C15H21FN2O3/c1-4-21-15(20)10-18(3)9-14(19)17-8-12-6-5-11(2)13(16)7-12/h5-7H,4,8-10H2,1-3H3,(H,17,19). The zero-order valence-electron chi connectivity index (χ0n) is 12.6. The molecule has 0 spiro atoms. The highest BCUT2D eigenvalue weighted by Crippen LogP contribution is 2.08. The van der Waals surface area contributed by atoms with Gasteiger partial charge in [-0.1, -0.05) is 12.1 Å². The largest absolute Gasteiger partial charge is 0.465 e. The molecule has 0 fully saturated rings. The SMILES string of the molecule is CCOC(=O)CN(C)CC(=O)NCc1ccc(C)c(F)c1. The number of ether oxygens (including phenoxy) is 1. The minimum absolute atomic E-state index is 0.0560. The molecule has 0 atom stereocenters. The Morgan fingerprint density at radius 1 is 1.33 bits per heavy atom. The predicted molar refractivity (Wildman–Crippen MR) is 77.1 cm³/mol. The number of carbonyl (C=O) groups is 2. The number of nitrogens with one attached hydrogen (secondary N) is 1. The molecular formula is C15H21FN2O3. The molecule has 116 valence electrons. The number of esters is 1. The lowest BCUT2D eigenvalue weighted by Gasteiger charge is -2.15. The molecule has 0 heterocycles. The van der Waals surface area contributed by atoms with E-state index in [1.165, 1.54) is 6.07 Å². The minimum Gasteiger partial charge on any atom is -0.465 e. The van der Waals surface area contributed by atoms with Gasteiger partial charge in [-0.15, -0.1) is 0 Å². The number of benzene rings is 1. The maximum absolute atomic E-state index is 13.4. The van der Waals surface area contributed by atoms with Crippen molar-refractivity contribution in [2.75, 3.05) is 26.7 Å². The van der Waals surface area contributed by atoms with Gasteiger partial charge in [0.2, 0.25) is 5.91 Å². The Morgan fingerprint density at radius 2 is 2.05 bits per heavy atom. The van der Waals surface area contributed by atoms with E-state index in [0.29, 0.717) is 17.7 Å². The highest BCUT2D eigenvalue weighted by molar-refractivity contribution is 5.79. The molecule has 0 bridgehead atoms. The Balaban J connectivity index is 2.36. The number of halogens is 1. The summed E-state index contributed by atoms with van der Waals surface area (Å²) in [4.78, 5) is 24.5. The molecule has 0 saturated heterocycles. The van der Waals surface area contributed by atoms with Crippen molar-refractivity contribution in [3.63, 3.8) is 0 Å². The molecule has 0 aliphatic heterocycles. The van der Waals surface area contributed by atoms with Crippen LogP contribution in [0.2, 0.25) is 0 Å². The molecule has 1 amide bonds. The summed E-state index contributed by atoms with van der Waals surface area (Å²) < 4.78 is 18.2. The normalized spacial score (nSPS) is 10.5. The molecule has 1 aromatic carbocycles. The van der Waals surface area contributed by atoms with E-state index in [0.717, 1.165) is 0 Å². The summed E-state index contributed by atoms with van der Waals surface area (Å²) in [5, 5.41) is 2.68. The number of rotatable bonds is 7. The van der Waals surface area contributed by atoms with E-state index in [4.69, 9.17) is 4.74 Å². The molecule has 1 aromatic rings. The first kappa shape index (κ1) is 17.1. The lowest BCUT2D eigenvalue weighted by molar-refractivity contribution is -0.144. The fourth-order valence-corrected chi connectivity index (χ4v) is 1.73. The van der Waals surface area contributed by atoms with Crippen LogP contribution < -0.4 is 5.32 Å². The van der Waals surface area contributed by atoms with Crippen molar-refractivity contribution in [3.05, 3.63) is 35.1 Å². The topological polar surface area (TPSA) is 58.6 Å². The molecule has 1 rings (SSSR count). The van der Waals surface area contributed by atoms with Crippen molar-refractivity contribution in [2.45, 2.75) is 20.4 Å². The summed E-state index contributed by atoms with van der Waals surface area (Å²) in [7, 11) is 1.65. The maximum atomic E-state index is 13.4. The van der Waals surface area contributed by atoms with E-state index in [2.05, 4.69) is 5.32 Å². The third kappa shape index (κ3) is 6.35. The monoisotopic (exact) mass is 296 g/mol. The van der Waals surface area contributed by atoms with Crippen LogP contribution in [-0.2, 0) is 20.9 Å². The van der Waals surface area contributed by atoms with Gasteiger partial charge in [0.25, 0.3) is 0 Å². The van der Waals surface area contributed by atoms with Crippen LogP contribution in [0.1, 0.15) is 18.1 Å². The number of carbonyl (C=O) groups excluding carboxylic acids is 2. The zero-order chi connectivity index (χ0) is 15.8. The molecule has 0 aliphatic carbocycles. The van der Waals surface area contributed by atoms with Gasteiger partial charge in [-0.25, -0.2) is 4.39 Å². The van der Waals surface area contributed by atoms with Crippen LogP contribution in [0.5, 0.6) is 0 Å². The second-order valence-corrected chi connectivity index (χ2v) is 4.84. The first-order valence-electron chi connectivity index (χ1n) is 6.78. The van der Waals surface area contributed by atoms with Crippen molar-refractivity contribution in [1.82, 2.24) is 10.2 Å². The summed E-state index contributed by atoms with van der Waals surface area (Å²) in [6.07, 6.45) is 0. The quantitative estimate of drug-likeness (QED) is 0.769. The second kappa shape index (κ2) is 8.36. The van der Waals surface area contributed by atoms with E-state index in [9.17, 15) is 14.0 Å². The number of hydrogen-bond donors (Lipinski definition) is 1. The first-order valence-corrected chi connectivity index (χ1v) is 6.78. The molecule has 0 aromatic heterocycles. The number of amides is 1. The minimum atomic E-state index is -0.367. The summed E-state index contributed by atoms with van der Waals surface area (Å²) in [6, 6.07) is 4.84. The fourth-order valence-electron chi connectivity index (χ4n) is 1.73. The molecule has 1 N–H and O–H groups in total. The van der Waals surface area contributed by atoms with Crippen molar-refractivity contribution in [3.8, 4) is 0 Å². The number of nitrogens with zero attached hydrogens (tertiary/aromatic N) is 1. The van der Waals surface area contributed by atoms with Gasteiger partial charge >= 0.3 is 5.97 Å². The van der Waals surface area contributed by atoms with Crippen LogP contribution in [0.3, 0.4) is 0 Å². The van der Waals surface area contributed by atoms with Crippen LogP contribution in [0, 0.1) is 12.7 Å². The van der Waals surface area contributed by atoms with Gasteiger partial charge in [0.05, 0.1) is 19.7 Å². The molecule has 0 saturated carbocycles. The lowest BCUT2D eigenvalue weighted by atomic mass is 10.1. The lowest BCUT2D eigenvalue weighted by Crippen LogP contribution is -2.37. The van der Waals surface area contributed by atoms with Gasteiger partial charge in [0.15, 0.2) is 0 Å². The molecule has 0 aliphatic rings. The van der Waals surface area contributed by atoms with Crippen molar-refractivity contribution in [1.29, 1.82) is 0 Å². The third-order valence-corrected chi connectivity index (χ3v) is 2.84. The molecule has 6 heteroatoms. The first-order chi connectivity index (χ1) is 9.92. The van der Waals surface area contributed by atoms with Crippen LogP contribution in [0.15, 0.2) is 18.2 Å². The molecule has 21 heavy (non-hydrogen) atoms. The maximum Gasteiger partial charge on any atom is 0.320 e. The number of likely N-dealkylation sites (N-methyl/N-ethyl adjacent to an activating group) is 1. The van der Waals surface area contributed by atoms with Crippen LogP contribution >= 0.6 is 0 Å². The van der Waals surface area contributed by atoms with Crippen molar-refractivity contribution >= 4 is 11.9 Å². The zero-order valence-corrected chi connectivity index (χ0v) is 12.6. The average molecular weight is 296 g/mol. The summed E-state index contributed by atoms with van der Waals surface area (Å²) in [5.41, 5.74) is 1.26. The van der Waals surface area contributed by atoms with Gasteiger partial charge in [-0.05, 0) is 38.1 Å². The van der Waals surface area contributed by atoms with Crippen LogP contribution in [0.25, 0.3) is 0 Å². The van der Waals surface area contributed by atoms with Crippen LogP contribution in [0.4, 0.5) is 4.39 Å². The van der Waals surface area contributed by atoms with Gasteiger partial charge in [0.1, 0.15) is 5.82 Å². The van der Waals surface area contributed by atoms with Crippen LogP contribution in [-0.4, -0.2) is 43.5 Å². The summed E-state index contributed by atoms with van der Waals surface area (Å²) in [5.74, 6) is -0.891. The Bertz CT molecular complexity index is 506. The van der Waals surface area contributed by atoms with Gasteiger partial charge < -0.3 is 10.1 Å². The molecule has 0 radical (unpaired) electrons. The Kier molecular flexibility index (Phi) is 6.81. The van der Waals surface area contributed by atoms with E-state index >= 15 is 0 Å². The summed E-state index contributed by atoms with van der Waals surface area (Å²) in [6.45, 7) is 4.11. The molecule has 5 nitrogen and oxygen atoms in total. The van der Waals surface area contributed by atoms with Gasteiger partial charge in [-0.3, -0.25) is 14.5 Å². The van der Waals surface area contributed by atoms with E-state index in [1.807, 2.05) is 0 Å². The highest BCUT2D eigenvalue weighted by Gasteiger charge is 2.11. The molecule has 0 unspecified atom stereocenters. The van der Waals surface area contributed by atoms with Gasteiger partial charge in [-0.2, -0.15) is 0 Å². The van der Waals surface area contributed by atoms with Crippen molar-refractivity contribution in [2.24, 2.45) is 0 Å². The van der Waals surface area contributed by atoms with Gasteiger partial charge in [0, 0.05) is 6.54 Å². The number of aryl methyl sites for hydroxylation is 1. The molecular weight excluding hydrogens is 275 g/mol.